The minimum atomic E-state index is -5.06. The van der Waals surface area contributed by atoms with Crippen molar-refractivity contribution in [3.8, 4) is 11.1 Å². The Morgan fingerprint density at radius 2 is 1.58 bits per heavy atom. The van der Waals surface area contributed by atoms with Gasteiger partial charge in [0.1, 0.15) is 6.61 Å². The molecule has 1 aliphatic rings. The van der Waals surface area contributed by atoms with Crippen LogP contribution in [-0.4, -0.2) is 48.4 Å². The minimum Gasteiger partial charge on any atom is -0.481 e. The first-order valence-corrected chi connectivity index (χ1v) is 10.3. The van der Waals surface area contributed by atoms with E-state index in [9.17, 15) is 27.6 Å². The zero-order valence-electron chi connectivity index (χ0n) is 17.7. The maximum absolute atomic E-state index is 13.4. The molecule has 2 unspecified atom stereocenters. The quantitative estimate of drug-likeness (QED) is 0.553. The molecule has 2 aromatic rings. The van der Waals surface area contributed by atoms with Gasteiger partial charge in [-0.3, -0.25) is 9.59 Å². The van der Waals surface area contributed by atoms with Gasteiger partial charge in [-0.2, -0.15) is 13.2 Å². The maximum Gasteiger partial charge on any atom is 0.417 e. The van der Waals surface area contributed by atoms with Crippen molar-refractivity contribution in [2.45, 2.75) is 31.5 Å². The first-order valence-electron chi connectivity index (χ1n) is 10.3. The predicted octanol–water partition coefficient (Wildman–Crippen LogP) is 3.68. The third kappa shape index (κ3) is 5.63. The number of alkyl carbamates (subject to hydrolysis) is 1. The van der Waals surface area contributed by atoms with Crippen LogP contribution in [0.3, 0.4) is 0 Å². The smallest absolute Gasteiger partial charge is 0.417 e. The first-order chi connectivity index (χ1) is 15.6. The van der Waals surface area contributed by atoms with Crippen LogP contribution in [0.1, 0.15) is 30.4 Å². The molecule has 3 rings (SSSR count). The van der Waals surface area contributed by atoms with Crippen LogP contribution in [0.5, 0.6) is 0 Å². The van der Waals surface area contributed by atoms with Gasteiger partial charge in [0, 0.05) is 12.5 Å². The molecule has 3 N–H and O–H groups in total. The SMILES string of the molecule is CC(CCNC(=O)C(NC(=O)OCC1c2ccccc2-c2ccccc21)C(F)(F)F)C(=O)O. The molecule has 0 fully saturated rings. The molecule has 0 saturated carbocycles. The summed E-state index contributed by atoms with van der Waals surface area (Å²) in [6.07, 6.45) is -6.50. The van der Waals surface area contributed by atoms with Gasteiger partial charge < -0.3 is 20.5 Å². The largest absolute Gasteiger partial charge is 0.481 e. The average molecular weight is 464 g/mol. The Labute approximate surface area is 187 Å². The fourth-order valence-corrected chi connectivity index (χ4v) is 3.69. The number of aliphatic carboxylic acids is 1. The Morgan fingerprint density at radius 1 is 1.03 bits per heavy atom. The molecule has 7 nitrogen and oxygen atoms in total. The van der Waals surface area contributed by atoms with E-state index in [2.05, 4.69) is 0 Å². The van der Waals surface area contributed by atoms with Crippen molar-refractivity contribution in [3.05, 3.63) is 59.7 Å². The number of carboxylic acid groups (broad SMARTS) is 1. The second-order valence-electron chi connectivity index (χ2n) is 7.76. The van der Waals surface area contributed by atoms with Crippen molar-refractivity contribution in [1.82, 2.24) is 10.6 Å². The molecule has 0 aromatic heterocycles. The van der Waals surface area contributed by atoms with E-state index in [0.717, 1.165) is 22.3 Å². The lowest BCUT2D eigenvalue weighted by Crippen LogP contribution is -2.55. The molecule has 0 bridgehead atoms. The molecular weight excluding hydrogens is 441 g/mol. The number of fused-ring (bicyclic) bond motifs is 3. The molecule has 0 radical (unpaired) electrons. The molecule has 10 heteroatoms. The fourth-order valence-electron chi connectivity index (χ4n) is 3.69. The number of hydrogen-bond donors (Lipinski definition) is 3. The number of carbonyl (C=O) groups is 3. The van der Waals surface area contributed by atoms with Crippen molar-refractivity contribution in [2.24, 2.45) is 5.92 Å². The number of ether oxygens (including phenoxy) is 1. The number of halogens is 3. The number of hydrogen-bond acceptors (Lipinski definition) is 4. The van der Waals surface area contributed by atoms with E-state index in [-0.39, 0.29) is 25.5 Å². The Kier molecular flexibility index (Phi) is 7.25. The summed E-state index contributed by atoms with van der Waals surface area (Å²) in [6.45, 7) is 0.873. The van der Waals surface area contributed by atoms with Gasteiger partial charge in [-0.05, 0) is 28.7 Å². The normalized spacial score (nSPS) is 14.5. The summed E-state index contributed by atoms with van der Waals surface area (Å²) < 4.78 is 45.1. The van der Waals surface area contributed by atoms with E-state index >= 15 is 0 Å². The molecule has 0 heterocycles. The van der Waals surface area contributed by atoms with E-state index < -0.39 is 36.1 Å². The van der Waals surface area contributed by atoms with Gasteiger partial charge in [0.2, 0.25) is 6.04 Å². The molecule has 0 saturated heterocycles. The lowest BCUT2D eigenvalue weighted by molar-refractivity contribution is -0.167. The van der Waals surface area contributed by atoms with Crippen molar-refractivity contribution in [2.75, 3.05) is 13.2 Å². The van der Waals surface area contributed by atoms with E-state index in [4.69, 9.17) is 9.84 Å². The zero-order valence-corrected chi connectivity index (χ0v) is 17.7. The number of rotatable bonds is 8. The summed E-state index contributed by atoms with van der Waals surface area (Å²) in [7, 11) is 0. The summed E-state index contributed by atoms with van der Waals surface area (Å²) in [6, 6.07) is 12.1. The topological polar surface area (TPSA) is 105 Å². The highest BCUT2D eigenvalue weighted by Crippen LogP contribution is 2.44. The van der Waals surface area contributed by atoms with Gasteiger partial charge in [-0.25, -0.2) is 4.79 Å². The summed E-state index contributed by atoms with van der Waals surface area (Å²) in [5.74, 6) is -3.81. The molecular formula is C23H23F3N2O5. The van der Waals surface area contributed by atoms with Gasteiger partial charge in [-0.15, -0.1) is 0 Å². The predicted molar refractivity (Wildman–Crippen MR) is 112 cm³/mol. The second kappa shape index (κ2) is 9.93. The summed E-state index contributed by atoms with van der Waals surface area (Å²) >= 11 is 0. The summed E-state index contributed by atoms with van der Waals surface area (Å²) in [4.78, 5) is 35.0. The van der Waals surface area contributed by atoms with Gasteiger partial charge in [0.05, 0.1) is 5.92 Å². The van der Waals surface area contributed by atoms with Gasteiger partial charge in [-0.1, -0.05) is 55.5 Å². The van der Waals surface area contributed by atoms with Crippen LogP contribution < -0.4 is 10.6 Å². The summed E-state index contributed by atoms with van der Waals surface area (Å²) in [5, 5.41) is 12.4. The number of nitrogens with one attached hydrogen (secondary N) is 2. The lowest BCUT2D eigenvalue weighted by Gasteiger charge is -2.22. The molecule has 176 valence electrons. The van der Waals surface area contributed by atoms with Crippen LogP contribution in [0, 0.1) is 5.92 Å². The first kappa shape index (κ1) is 24.1. The third-order valence-electron chi connectivity index (χ3n) is 5.49. The summed E-state index contributed by atoms with van der Waals surface area (Å²) in [5.41, 5.74) is 3.71. The Hall–Kier alpha value is -3.56. The molecule has 2 atom stereocenters. The highest BCUT2D eigenvalue weighted by Gasteiger charge is 2.46. The van der Waals surface area contributed by atoms with Crippen molar-refractivity contribution in [1.29, 1.82) is 0 Å². The Morgan fingerprint density at radius 3 is 2.09 bits per heavy atom. The van der Waals surface area contributed by atoms with Crippen LogP contribution in [0.4, 0.5) is 18.0 Å². The zero-order chi connectivity index (χ0) is 24.2. The standard InChI is InChI=1S/C23H23F3N2O5/c1-13(21(30)31)10-11-27-20(29)19(23(24,25)26)28-22(32)33-12-18-16-8-4-2-6-14(16)15-7-3-5-9-17(15)18/h2-9,13,18-19H,10-12H2,1H3,(H,27,29)(H,28,32)(H,30,31). The van der Waals surface area contributed by atoms with E-state index in [1.165, 1.54) is 6.92 Å². The Bertz CT molecular complexity index is 995. The number of amides is 2. The number of benzene rings is 2. The number of carboxylic acids is 1. The molecule has 0 aliphatic heterocycles. The van der Waals surface area contributed by atoms with E-state index in [1.807, 2.05) is 53.8 Å². The molecule has 1 aliphatic carbocycles. The second-order valence-corrected chi connectivity index (χ2v) is 7.76. The molecule has 33 heavy (non-hydrogen) atoms. The van der Waals surface area contributed by atoms with E-state index in [1.54, 1.807) is 5.32 Å². The van der Waals surface area contributed by atoms with Crippen LogP contribution >= 0.6 is 0 Å². The van der Waals surface area contributed by atoms with Crippen LogP contribution in [-0.2, 0) is 14.3 Å². The van der Waals surface area contributed by atoms with Crippen molar-refractivity contribution >= 4 is 18.0 Å². The van der Waals surface area contributed by atoms with E-state index in [0.29, 0.717) is 0 Å². The highest BCUT2D eigenvalue weighted by atomic mass is 19.4. The molecule has 0 spiro atoms. The lowest BCUT2D eigenvalue weighted by atomic mass is 9.98. The van der Waals surface area contributed by atoms with Crippen molar-refractivity contribution < 1.29 is 37.4 Å². The molecule has 2 amide bonds. The van der Waals surface area contributed by atoms with Gasteiger partial charge in [0.15, 0.2) is 0 Å². The number of alkyl halides is 3. The van der Waals surface area contributed by atoms with Crippen molar-refractivity contribution in [3.63, 3.8) is 0 Å². The maximum atomic E-state index is 13.4. The monoisotopic (exact) mass is 464 g/mol. The fraction of sp³-hybridized carbons (Fsp3) is 0.348. The van der Waals surface area contributed by atoms with Crippen LogP contribution in [0.15, 0.2) is 48.5 Å². The van der Waals surface area contributed by atoms with Crippen LogP contribution in [0.25, 0.3) is 11.1 Å². The minimum absolute atomic E-state index is 0.0589. The number of carbonyl (C=O) groups excluding carboxylic acids is 2. The third-order valence-corrected chi connectivity index (χ3v) is 5.49. The van der Waals surface area contributed by atoms with Gasteiger partial charge >= 0.3 is 18.2 Å². The highest BCUT2D eigenvalue weighted by molar-refractivity contribution is 5.86. The van der Waals surface area contributed by atoms with Crippen LogP contribution in [0.2, 0.25) is 0 Å². The Balaban J connectivity index is 1.62. The average Bonchev–Trinajstić information content (AvgIpc) is 3.08. The van der Waals surface area contributed by atoms with Gasteiger partial charge in [0.25, 0.3) is 5.91 Å². The molecule has 2 aromatic carbocycles.